The number of carboxylic acids is 1. The summed E-state index contributed by atoms with van der Waals surface area (Å²) >= 11 is 0. The number of benzene rings is 2. The summed E-state index contributed by atoms with van der Waals surface area (Å²) < 4.78 is 43.2. The maximum Gasteiger partial charge on any atom is 0.490 e. The zero-order valence-corrected chi connectivity index (χ0v) is 17.9. The number of alkyl halides is 3. The second-order valence-electron chi connectivity index (χ2n) is 6.94. The number of nitrogen functional groups attached to an aromatic ring is 1. The van der Waals surface area contributed by atoms with Crippen molar-refractivity contribution in [2.45, 2.75) is 25.4 Å². The first-order valence-corrected chi connectivity index (χ1v) is 10.3. The average Bonchev–Trinajstić information content (AvgIpc) is 3.28. The molecular weight excluding hydrogens is 441 g/mol. The van der Waals surface area contributed by atoms with Crippen molar-refractivity contribution in [2.24, 2.45) is 4.99 Å². The van der Waals surface area contributed by atoms with Gasteiger partial charge in [0.2, 0.25) is 0 Å². The Kier molecular flexibility index (Phi) is 10.1. The zero-order valence-electron chi connectivity index (χ0n) is 17.9. The molecule has 0 radical (unpaired) electrons. The smallest absolute Gasteiger partial charge is 0.490 e. The average molecular weight is 468 g/mol. The van der Waals surface area contributed by atoms with Crippen molar-refractivity contribution >= 4 is 23.3 Å². The van der Waals surface area contributed by atoms with Crippen LogP contribution in [0.2, 0.25) is 0 Å². The number of hydrogen-bond donors (Lipinski definition) is 4. The van der Waals surface area contributed by atoms with Gasteiger partial charge in [-0.3, -0.25) is 4.99 Å². The van der Waals surface area contributed by atoms with Crippen LogP contribution in [0.1, 0.15) is 19.3 Å². The third kappa shape index (κ3) is 10.5. The number of halogens is 3. The Morgan fingerprint density at radius 2 is 1.52 bits per heavy atom. The molecule has 0 amide bonds. The van der Waals surface area contributed by atoms with E-state index in [0.29, 0.717) is 13.2 Å². The minimum atomic E-state index is -5.08. The third-order valence-corrected chi connectivity index (χ3v) is 4.24. The number of carbonyl (C=O) groups is 1. The van der Waals surface area contributed by atoms with Gasteiger partial charge >= 0.3 is 12.1 Å². The van der Waals surface area contributed by atoms with Gasteiger partial charge in [-0.05, 0) is 67.8 Å². The number of carboxylic acid groups (broad SMARTS) is 1. The van der Waals surface area contributed by atoms with E-state index in [9.17, 15) is 13.2 Å². The number of nitrogens with two attached hydrogens (primary N) is 1. The van der Waals surface area contributed by atoms with E-state index in [4.69, 9.17) is 25.1 Å². The van der Waals surface area contributed by atoms with Gasteiger partial charge in [-0.1, -0.05) is 0 Å². The van der Waals surface area contributed by atoms with Crippen molar-refractivity contribution in [3.05, 3.63) is 48.5 Å². The molecule has 1 aliphatic rings. The van der Waals surface area contributed by atoms with Crippen molar-refractivity contribution in [1.29, 1.82) is 0 Å². The molecule has 0 fully saturated rings. The molecule has 2 aromatic rings. The Bertz CT molecular complexity index is 888. The van der Waals surface area contributed by atoms with Gasteiger partial charge in [0.1, 0.15) is 11.5 Å². The van der Waals surface area contributed by atoms with Gasteiger partial charge < -0.3 is 30.9 Å². The Balaban J connectivity index is 0.000000479. The fourth-order valence-electron chi connectivity index (χ4n) is 2.58. The number of rotatable bonds is 9. The summed E-state index contributed by atoms with van der Waals surface area (Å²) in [5, 5.41) is 13.5. The number of unbranched alkanes of at least 4 members (excludes halogenated alkanes) is 2. The highest BCUT2D eigenvalue weighted by Crippen LogP contribution is 2.17. The van der Waals surface area contributed by atoms with Gasteiger partial charge in [-0.2, -0.15) is 13.2 Å². The van der Waals surface area contributed by atoms with Gasteiger partial charge in [-0.25, -0.2) is 4.79 Å². The molecular formula is C22H27F3N4O4. The number of aliphatic imine (C=N–C) groups is 1. The molecule has 0 unspecified atom stereocenters. The predicted octanol–water partition coefficient (Wildman–Crippen LogP) is 3.90. The van der Waals surface area contributed by atoms with Crippen LogP contribution in [-0.4, -0.2) is 49.5 Å². The molecule has 11 heteroatoms. The predicted molar refractivity (Wildman–Crippen MR) is 120 cm³/mol. The van der Waals surface area contributed by atoms with Crippen LogP contribution >= 0.6 is 0 Å². The third-order valence-electron chi connectivity index (χ3n) is 4.24. The zero-order chi connectivity index (χ0) is 24.1. The molecule has 1 aliphatic heterocycles. The SMILES string of the molecule is Nc1ccc(OCCCCCOc2ccc(NC3=NCCN3)cc2)cc1.O=C(O)C(F)(F)F. The first-order chi connectivity index (χ1) is 15.7. The molecule has 5 N–H and O–H groups in total. The summed E-state index contributed by atoms with van der Waals surface area (Å²) in [7, 11) is 0. The van der Waals surface area contributed by atoms with E-state index in [-0.39, 0.29) is 0 Å². The Labute approximate surface area is 189 Å². The number of hydrogen-bond acceptors (Lipinski definition) is 7. The van der Waals surface area contributed by atoms with Crippen molar-refractivity contribution in [3.8, 4) is 11.5 Å². The van der Waals surface area contributed by atoms with Crippen LogP contribution in [0.25, 0.3) is 0 Å². The lowest BCUT2D eigenvalue weighted by Crippen LogP contribution is -2.26. The fourth-order valence-corrected chi connectivity index (χ4v) is 2.58. The number of ether oxygens (including phenoxy) is 2. The van der Waals surface area contributed by atoms with Crippen molar-refractivity contribution in [3.63, 3.8) is 0 Å². The summed E-state index contributed by atoms with van der Waals surface area (Å²) in [6, 6.07) is 15.4. The van der Waals surface area contributed by atoms with Gasteiger partial charge in [0.25, 0.3) is 0 Å². The molecule has 0 saturated carbocycles. The van der Waals surface area contributed by atoms with E-state index in [0.717, 1.165) is 61.2 Å². The van der Waals surface area contributed by atoms with E-state index < -0.39 is 12.1 Å². The lowest BCUT2D eigenvalue weighted by Gasteiger charge is -2.09. The van der Waals surface area contributed by atoms with E-state index in [1.807, 2.05) is 48.5 Å². The molecule has 2 aromatic carbocycles. The van der Waals surface area contributed by atoms with Crippen LogP contribution in [0.3, 0.4) is 0 Å². The first-order valence-electron chi connectivity index (χ1n) is 10.3. The summed E-state index contributed by atoms with van der Waals surface area (Å²) in [6.45, 7) is 3.15. The van der Waals surface area contributed by atoms with E-state index in [1.165, 1.54) is 0 Å². The van der Waals surface area contributed by atoms with Crippen LogP contribution in [0.5, 0.6) is 11.5 Å². The largest absolute Gasteiger partial charge is 0.494 e. The number of nitrogens with zero attached hydrogens (tertiary/aromatic N) is 1. The molecule has 0 atom stereocenters. The fraction of sp³-hybridized carbons (Fsp3) is 0.364. The number of nitrogens with one attached hydrogen (secondary N) is 2. The van der Waals surface area contributed by atoms with Crippen LogP contribution in [0.4, 0.5) is 24.5 Å². The molecule has 0 spiro atoms. The number of guanidine groups is 1. The Morgan fingerprint density at radius 1 is 1.00 bits per heavy atom. The number of anilines is 2. The molecule has 0 aromatic heterocycles. The summed E-state index contributed by atoms with van der Waals surface area (Å²) in [6.07, 6.45) is -2.00. The molecule has 180 valence electrons. The highest BCUT2D eigenvalue weighted by molar-refractivity contribution is 5.94. The minimum Gasteiger partial charge on any atom is -0.494 e. The maximum atomic E-state index is 10.6. The Hall–Kier alpha value is -3.63. The van der Waals surface area contributed by atoms with Crippen LogP contribution in [0, 0.1) is 0 Å². The molecule has 8 nitrogen and oxygen atoms in total. The van der Waals surface area contributed by atoms with Gasteiger partial charge in [0, 0.05) is 17.9 Å². The second kappa shape index (κ2) is 13.0. The monoisotopic (exact) mass is 468 g/mol. The van der Waals surface area contributed by atoms with Gasteiger partial charge in [0.15, 0.2) is 5.96 Å². The quantitative estimate of drug-likeness (QED) is 0.326. The highest BCUT2D eigenvalue weighted by atomic mass is 19.4. The molecule has 1 heterocycles. The van der Waals surface area contributed by atoms with Gasteiger partial charge in [-0.15, -0.1) is 0 Å². The standard InChI is InChI=1S/C20H26N4O2.C2HF3O2/c21-16-4-8-18(9-5-16)25-14-2-1-3-15-26-19-10-6-17(7-11-19)24-20-22-12-13-23-20;3-2(4,5)1(6)7/h4-11H,1-3,12-15,21H2,(H2,22,23,24);(H,6,7). The second-order valence-corrected chi connectivity index (χ2v) is 6.94. The van der Waals surface area contributed by atoms with Crippen LogP contribution in [-0.2, 0) is 4.79 Å². The van der Waals surface area contributed by atoms with Crippen molar-refractivity contribution < 1.29 is 32.5 Å². The molecule has 3 rings (SSSR count). The van der Waals surface area contributed by atoms with Crippen molar-refractivity contribution in [2.75, 3.05) is 37.4 Å². The maximum absolute atomic E-state index is 10.6. The van der Waals surface area contributed by atoms with Crippen molar-refractivity contribution in [1.82, 2.24) is 5.32 Å². The lowest BCUT2D eigenvalue weighted by atomic mass is 10.2. The Morgan fingerprint density at radius 3 is 1.97 bits per heavy atom. The molecule has 0 aliphatic carbocycles. The van der Waals surface area contributed by atoms with E-state index >= 15 is 0 Å². The van der Waals surface area contributed by atoms with E-state index in [1.54, 1.807) is 0 Å². The highest BCUT2D eigenvalue weighted by Gasteiger charge is 2.38. The van der Waals surface area contributed by atoms with Crippen LogP contribution in [0.15, 0.2) is 53.5 Å². The van der Waals surface area contributed by atoms with E-state index in [2.05, 4.69) is 15.6 Å². The topological polar surface area (TPSA) is 118 Å². The summed E-state index contributed by atoms with van der Waals surface area (Å²) in [5.41, 5.74) is 7.41. The first kappa shape index (κ1) is 25.6. The molecule has 0 saturated heterocycles. The minimum absolute atomic E-state index is 0.711. The summed E-state index contributed by atoms with van der Waals surface area (Å²) in [5.74, 6) is -0.176. The molecule has 0 bridgehead atoms. The number of aliphatic carboxylic acids is 1. The van der Waals surface area contributed by atoms with Gasteiger partial charge in [0.05, 0.1) is 19.8 Å². The van der Waals surface area contributed by atoms with Crippen LogP contribution < -0.4 is 25.8 Å². The lowest BCUT2D eigenvalue weighted by molar-refractivity contribution is -0.192. The molecule has 33 heavy (non-hydrogen) atoms. The summed E-state index contributed by atoms with van der Waals surface area (Å²) in [4.78, 5) is 13.2. The normalized spacial score (nSPS) is 12.6.